The zero-order valence-electron chi connectivity index (χ0n) is 6.17. The van der Waals surface area contributed by atoms with Gasteiger partial charge in [-0.3, -0.25) is 0 Å². The Labute approximate surface area is 67.6 Å². The van der Waals surface area contributed by atoms with Crippen LogP contribution in [-0.2, 0) is 5.54 Å². The molecule has 0 amide bonds. The molecule has 1 fully saturated rings. The Balaban J connectivity index is 2.35. The molecule has 64 valence electrons. The Bertz CT molecular complexity index is 301. The number of rotatable bonds is 1. The van der Waals surface area contributed by atoms with Crippen LogP contribution in [-0.4, -0.2) is 15.9 Å². The summed E-state index contributed by atoms with van der Waals surface area (Å²) in [7, 11) is 0. The molecule has 0 spiro atoms. The first kappa shape index (κ1) is 7.54. The smallest absolute Gasteiger partial charge is 0.273 e. The standard InChI is InChI=1S/C7H7F2N3/c8-7(9)3-6(7,10)5-1-2-11-4-12-5/h1-2,4H,3,10H2. The minimum Gasteiger partial charge on any atom is -0.315 e. The molecule has 2 N–H and O–H groups in total. The lowest BCUT2D eigenvalue weighted by Gasteiger charge is -2.07. The second kappa shape index (κ2) is 1.98. The van der Waals surface area contributed by atoms with Crippen LogP contribution >= 0.6 is 0 Å². The molecule has 0 aromatic carbocycles. The van der Waals surface area contributed by atoms with Crippen LogP contribution in [0.5, 0.6) is 0 Å². The first-order valence-electron chi connectivity index (χ1n) is 3.49. The molecule has 0 saturated heterocycles. The van der Waals surface area contributed by atoms with Gasteiger partial charge in [0.2, 0.25) is 0 Å². The van der Waals surface area contributed by atoms with Crippen LogP contribution in [0.1, 0.15) is 12.1 Å². The van der Waals surface area contributed by atoms with E-state index in [1.807, 2.05) is 0 Å². The molecule has 5 heteroatoms. The first-order chi connectivity index (χ1) is 5.56. The Kier molecular flexibility index (Phi) is 1.24. The third-order valence-corrected chi connectivity index (χ3v) is 2.07. The van der Waals surface area contributed by atoms with E-state index in [0.29, 0.717) is 0 Å². The summed E-state index contributed by atoms with van der Waals surface area (Å²) in [5.74, 6) is -2.80. The minimum absolute atomic E-state index is 0.211. The predicted octanol–water partition coefficient (Wildman–Crippen LogP) is 0.670. The van der Waals surface area contributed by atoms with Crippen LogP contribution in [0.25, 0.3) is 0 Å². The number of aromatic nitrogens is 2. The van der Waals surface area contributed by atoms with Crippen molar-refractivity contribution in [3.8, 4) is 0 Å². The van der Waals surface area contributed by atoms with E-state index in [1.165, 1.54) is 18.6 Å². The van der Waals surface area contributed by atoms with Gasteiger partial charge in [-0.1, -0.05) is 0 Å². The Morgan fingerprint density at radius 1 is 1.50 bits per heavy atom. The first-order valence-corrected chi connectivity index (χ1v) is 3.49. The molecule has 0 radical (unpaired) electrons. The van der Waals surface area contributed by atoms with Crippen molar-refractivity contribution >= 4 is 0 Å². The average molecular weight is 171 g/mol. The van der Waals surface area contributed by atoms with Gasteiger partial charge in [0.25, 0.3) is 5.92 Å². The van der Waals surface area contributed by atoms with Crippen LogP contribution in [0.4, 0.5) is 8.78 Å². The third kappa shape index (κ3) is 0.828. The topological polar surface area (TPSA) is 51.8 Å². The Morgan fingerprint density at radius 3 is 2.58 bits per heavy atom. The highest BCUT2D eigenvalue weighted by Crippen LogP contribution is 2.56. The number of hydrogen-bond donors (Lipinski definition) is 1. The minimum atomic E-state index is -2.80. The van der Waals surface area contributed by atoms with Crippen molar-refractivity contribution in [2.75, 3.05) is 0 Å². The van der Waals surface area contributed by atoms with E-state index in [4.69, 9.17) is 5.73 Å². The van der Waals surface area contributed by atoms with Crippen molar-refractivity contribution in [3.05, 3.63) is 24.3 Å². The molecule has 1 heterocycles. The summed E-state index contributed by atoms with van der Waals surface area (Å²) in [5.41, 5.74) is 4.07. The third-order valence-electron chi connectivity index (χ3n) is 2.07. The quantitative estimate of drug-likeness (QED) is 0.675. The molecule has 1 unspecified atom stereocenters. The van der Waals surface area contributed by atoms with Crippen LogP contribution in [0.3, 0.4) is 0 Å². The molecule has 12 heavy (non-hydrogen) atoms. The van der Waals surface area contributed by atoms with Gasteiger partial charge >= 0.3 is 0 Å². The summed E-state index contributed by atoms with van der Waals surface area (Å²) in [6.45, 7) is 0. The van der Waals surface area contributed by atoms with Gasteiger partial charge in [-0.2, -0.15) is 0 Å². The molecule has 2 rings (SSSR count). The molecular formula is C7H7F2N3. The fraction of sp³-hybridized carbons (Fsp3) is 0.429. The second-order valence-electron chi connectivity index (χ2n) is 2.95. The van der Waals surface area contributed by atoms with Crippen LogP contribution < -0.4 is 5.73 Å². The molecule has 3 nitrogen and oxygen atoms in total. The summed E-state index contributed by atoms with van der Waals surface area (Å²) < 4.78 is 25.4. The highest BCUT2D eigenvalue weighted by molar-refractivity contribution is 5.29. The highest BCUT2D eigenvalue weighted by atomic mass is 19.3. The van der Waals surface area contributed by atoms with Crippen LogP contribution in [0.2, 0.25) is 0 Å². The maximum absolute atomic E-state index is 12.7. The molecule has 1 aromatic rings. The fourth-order valence-electron chi connectivity index (χ4n) is 1.14. The van der Waals surface area contributed by atoms with Gasteiger partial charge in [-0.15, -0.1) is 0 Å². The normalized spacial score (nSPS) is 31.6. The van der Waals surface area contributed by atoms with Crippen molar-refractivity contribution in [1.82, 2.24) is 9.97 Å². The van der Waals surface area contributed by atoms with Gasteiger partial charge in [0.15, 0.2) is 0 Å². The highest BCUT2D eigenvalue weighted by Gasteiger charge is 2.70. The van der Waals surface area contributed by atoms with E-state index in [1.54, 1.807) is 0 Å². The lowest BCUT2D eigenvalue weighted by atomic mass is 10.2. The van der Waals surface area contributed by atoms with Crippen molar-refractivity contribution in [2.45, 2.75) is 17.9 Å². The fourth-order valence-corrected chi connectivity index (χ4v) is 1.14. The molecule has 1 saturated carbocycles. The number of alkyl halides is 2. The number of hydrogen-bond acceptors (Lipinski definition) is 3. The summed E-state index contributed by atoms with van der Waals surface area (Å²) in [5, 5.41) is 0. The van der Waals surface area contributed by atoms with E-state index in [-0.39, 0.29) is 12.1 Å². The van der Waals surface area contributed by atoms with E-state index >= 15 is 0 Å². The van der Waals surface area contributed by atoms with E-state index in [2.05, 4.69) is 9.97 Å². The lowest BCUT2D eigenvalue weighted by molar-refractivity contribution is 0.0881. The van der Waals surface area contributed by atoms with Gasteiger partial charge < -0.3 is 5.73 Å². The van der Waals surface area contributed by atoms with Crippen LogP contribution in [0, 0.1) is 0 Å². The largest absolute Gasteiger partial charge is 0.315 e. The molecule has 0 aliphatic heterocycles. The molecular weight excluding hydrogens is 164 g/mol. The Morgan fingerprint density at radius 2 is 2.17 bits per heavy atom. The summed E-state index contributed by atoms with van der Waals surface area (Å²) >= 11 is 0. The number of nitrogens with zero attached hydrogens (tertiary/aromatic N) is 2. The van der Waals surface area contributed by atoms with Gasteiger partial charge in [0.1, 0.15) is 11.9 Å². The molecule has 1 aromatic heterocycles. The van der Waals surface area contributed by atoms with Crippen molar-refractivity contribution in [1.29, 1.82) is 0 Å². The van der Waals surface area contributed by atoms with E-state index < -0.39 is 11.5 Å². The predicted molar refractivity (Wildman–Crippen MR) is 37.5 cm³/mol. The van der Waals surface area contributed by atoms with Gasteiger partial charge in [-0.05, 0) is 6.07 Å². The van der Waals surface area contributed by atoms with Gasteiger partial charge in [0.05, 0.1) is 5.69 Å². The van der Waals surface area contributed by atoms with Crippen molar-refractivity contribution in [2.24, 2.45) is 5.73 Å². The SMILES string of the molecule is NC1(c2ccncn2)CC1(F)F. The maximum atomic E-state index is 12.7. The van der Waals surface area contributed by atoms with Crippen molar-refractivity contribution in [3.63, 3.8) is 0 Å². The summed E-state index contributed by atoms with van der Waals surface area (Å²) in [6, 6.07) is 1.42. The monoisotopic (exact) mass is 171 g/mol. The molecule has 0 bridgehead atoms. The van der Waals surface area contributed by atoms with Crippen LogP contribution in [0.15, 0.2) is 18.6 Å². The lowest BCUT2D eigenvalue weighted by Crippen LogP contribution is -2.28. The maximum Gasteiger partial charge on any atom is 0.273 e. The molecule has 1 aliphatic carbocycles. The zero-order valence-corrected chi connectivity index (χ0v) is 6.17. The molecule has 1 aliphatic rings. The van der Waals surface area contributed by atoms with Gasteiger partial charge in [0, 0.05) is 12.6 Å². The zero-order chi connectivity index (χ0) is 8.82. The number of halogens is 2. The average Bonchev–Trinajstić information content (AvgIpc) is 2.55. The van der Waals surface area contributed by atoms with Gasteiger partial charge in [-0.25, -0.2) is 18.7 Å². The number of nitrogens with two attached hydrogens (primary N) is 1. The summed E-state index contributed by atoms with van der Waals surface area (Å²) in [4.78, 5) is 7.31. The molecule has 1 atom stereocenters. The van der Waals surface area contributed by atoms with E-state index in [9.17, 15) is 8.78 Å². The Hall–Kier alpha value is -1.10. The summed E-state index contributed by atoms with van der Waals surface area (Å²) in [6.07, 6.45) is 2.31. The van der Waals surface area contributed by atoms with Crippen molar-refractivity contribution < 1.29 is 8.78 Å². The van der Waals surface area contributed by atoms with E-state index in [0.717, 1.165) is 0 Å². The second-order valence-corrected chi connectivity index (χ2v) is 2.95.